The number of carbonyl (C=O) groups is 2. The van der Waals surface area contributed by atoms with Gasteiger partial charge < -0.3 is 20.1 Å². The van der Waals surface area contributed by atoms with Crippen LogP contribution in [0.1, 0.15) is 23.1 Å². The quantitative estimate of drug-likeness (QED) is 0.792. The number of benzene rings is 1. The van der Waals surface area contributed by atoms with E-state index in [1.807, 2.05) is 13.0 Å². The van der Waals surface area contributed by atoms with Gasteiger partial charge >= 0.3 is 5.97 Å². The summed E-state index contributed by atoms with van der Waals surface area (Å²) in [6, 6.07) is 4.19. The number of esters is 1. The predicted octanol–water partition coefficient (Wildman–Crippen LogP) is 1.16. The standard InChI is InChI=1S/C18H22N2O4/c1-11-8-12-4-3-5-13(12)15(9-11)19-16-14(18(23)24-2)10-20(6-7-21)17(16)22/h8-9,19,21H,3-7,10H2,1-2H3. The monoisotopic (exact) mass is 330 g/mol. The van der Waals surface area contributed by atoms with E-state index in [0.29, 0.717) is 5.57 Å². The fraction of sp³-hybridized carbons (Fsp3) is 0.444. The fourth-order valence-electron chi connectivity index (χ4n) is 3.46. The number of aryl methyl sites for hydroxylation is 2. The molecule has 128 valence electrons. The topological polar surface area (TPSA) is 78.9 Å². The van der Waals surface area contributed by atoms with Crippen LogP contribution in [0.25, 0.3) is 0 Å². The Hall–Kier alpha value is -2.34. The van der Waals surface area contributed by atoms with Crippen molar-refractivity contribution < 1.29 is 19.4 Å². The van der Waals surface area contributed by atoms with E-state index in [-0.39, 0.29) is 31.3 Å². The van der Waals surface area contributed by atoms with Crippen LogP contribution < -0.4 is 5.32 Å². The molecule has 2 N–H and O–H groups in total. The second kappa shape index (κ2) is 6.65. The van der Waals surface area contributed by atoms with Crippen LogP contribution in [0.4, 0.5) is 5.69 Å². The third-order valence-electron chi connectivity index (χ3n) is 4.57. The molecule has 1 aromatic carbocycles. The Balaban J connectivity index is 1.97. The summed E-state index contributed by atoms with van der Waals surface area (Å²) in [5.41, 5.74) is 5.09. The summed E-state index contributed by atoms with van der Waals surface area (Å²) in [4.78, 5) is 26.1. The Labute approximate surface area is 141 Å². The molecule has 0 bridgehead atoms. The highest BCUT2D eigenvalue weighted by molar-refractivity contribution is 6.08. The zero-order valence-electron chi connectivity index (χ0n) is 14.0. The number of β-amino-alcohol motifs (C(OH)–C–C–N with tert-alkyl or cyclic N) is 1. The van der Waals surface area contributed by atoms with E-state index < -0.39 is 5.97 Å². The molecule has 2 aliphatic rings. The molecule has 0 radical (unpaired) electrons. The van der Waals surface area contributed by atoms with Crippen LogP contribution in [0.5, 0.6) is 0 Å². The molecule has 0 unspecified atom stereocenters. The minimum Gasteiger partial charge on any atom is -0.466 e. The summed E-state index contributed by atoms with van der Waals surface area (Å²) in [6.45, 7) is 2.22. The lowest BCUT2D eigenvalue weighted by molar-refractivity contribution is -0.136. The number of carbonyl (C=O) groups excluding carboxylic acids is 2. The number of amides is 1. The Morgan fingerprint density at radius 1 is 1.38 bits per heavy atom. The number of fused-ring (bicyclic) bond motifs is 1. The molecule has 1 aliphatic heterocycles. The van der Waals surface area contributed by atoms with E-state index >= 15 is 0 Å². The van der Waals surface area contributed by atoms with E-state index in [1.165, 1.54) is 23.1 Å². The SMILES string of the molecule is COC(=O)C1=C(Nc2cc(C)cc3c2CCC3)C(=O)N(CCO)C1. The molecule has 6 nitrogen and oxygen atoms in total. The lowest BCUT2D eigenvalue weighted by Gasteiger charge is -2.16. The summed E-state index contributed by atoms with van der Waals surface area (Å²) >= 11 is 0. The zero-order valence-corrected chi connectivity index (χ0v) is 14.0. The number of hydrogen-bond donors (Lipinski definition) is 2. The Kier molecular flexibility index (Phi) is 4.57. The third kappa shape index (κ3) is 2.89. The number of aliphatic hydroxyl groups excluding tert-OH is 1. The highest BCUT2D eigenvalue weighted by Gasteiger charge is 2.35. The maximum atomic E-state index is 12.6. The van der Waals surface area contributed by atoms with Crippen molar-refractivity contribution in [3.8, 4) is 0 Å². The lowest BCUT2D eigenvalue weighted by atomic mass is 10.0. The van der Waals surface area contributed by atoms with Crippen molar-refractivity contribution in [1.29, 1.82) is 0 Å². The van der Waals surface area contributed by atoms with Gasteiger partial charge in [-0.1, -0.05) is 6.07 Å². The smallest absolute Gasteiger partial charge is 0.337 e. The molecule has 0 fully saturated rings. The van der Waals surface area contributed by atoms with Gasteiger partial charge in [0.1, 0.15) is 5.70 Å². The van der Waals surface area contributed by atoms with Gasteiger partial charge in [-0.05, 0) is 48.9 Å². The molecule has 1 aliphatic carbocycles. The predicted molar refractivity (Wildman–Crippen MR) is 89.5 cm³/mol. The van der Waals surface area contributed by atoms with Crippen molar-refractivity contribution in [3.63, 3.8) is 0 Å². The summed E-state index contributed by atoms with van der Waals surface area (Å²) < 4.78 is 4.82. The first-order valence-corrected chi connectivity index (χ1v) is 8.16. The second-order valence-corrected chi connectivity index (χ2v) is 6.22. The number of nitrogens with one attached hydrogen (secondary N) is 1. The highest BCUT2D eigenvalue weighted by Crippen LogP contribution is 2.32. The summed E-state index contributed by atoms with van der Waals surface area (Å²) in [7, 11) is 1.30. The van der Waals surface area contributed by atoms with Crippen LogP contribution in [-0.2, 0) is 27.2 Å². The maximum absolute atomic E-state index is 12.6. The van der Waals surface area contributed by atoms with Gasteiger partial charge in [-0.2, -0.15) is 0 Å². The minimum absolute atomic E-state index is 0.146. The summed E-state index contributed by atoms with van der Waals surface area (Å²) in [6.07, 6.45) is 3.10. The summed E-state index contributed by atoms with van der Waals surface area (Å²) in [5.74, 6) is -0.798. The van der Waals surface area contributed by atoms with E-state index in [9.17, 15) is 9.59 Å². The molecule has 3 rings (SSSR count). The van der Waals surface area contributed by atoms with Crippen molar-refractivity contribution in [2.75, 3.05) is 32.1 Å². The van der Waals surface area contributed by atoms with E-state index in [2.05, 4.69) is 11.4 Å². The maximum Gasteiger partial charge on any atom is 0.337 e. The van der Waals surface area contributed by atoms with Gasteiger partial charge in [0.15, 0.2) is 0 Å². The molecule has 0 saturated heterocycles. The number of ether oxygens (including phenoxy) is 1. The van der Waals surface area contributed by atoms with Crippen LogP contribution in [0.15, 0.2) is 23.4 Å². The van der Waals surface area contributed by atoms with Gasteiger partial charge in [0, 0.05) is 12.2 Å². The number of rotatable bonds is 5. The highest BCUT2D eigenvalue weighted by atomic mass is 16.5. The van der Waals surface area contributed by atoms with Crippen LogP contribution in [0.2, 0.25) is 0 Å². The van der Waals surface area contributed by atoms with Crippen molar-refractivity contribution in [2.24, 2.45) is 0 Å². The van der Waals surface area contributed by atoms with Gasteiger partial charge in [0.25, 0.3) is 5.91 Å². The average Bonchev–Trinajstić information content (AvgIpc) is 3.14. The molecule has 1 amide bonds. The van der Waals surface area contributed by atoms with Crippen molar-refractivity contribution in [2.45, 2.75) is 26.2 Å². The van der Waals surface area contributed by atoms with E-state index in [1.54, 1.807) is 0 Å². The van der Waals surface area contributed by atoms with Crippen LogP contribution in [-0.4, -0.2) is 48.7 Å². The Morgan fingerprint density at radius 2 is 2.17 bits per heavy atom. The fourth-order valence-corrected chi connectivity index (χ4v) is 3.46. The van der Waals surface area contributed by atoms with Gasteiger partial charge in [0.05, 0.1) is 25.8 Å². The van der Waals surface area contributed by atoms with Gasteiger partial charge in [-0.15, -0.1) is 0 Å². The van der Waals surface area contributed by atoms with Crippen LogP contribution in [0, 0.1) is 6.92 Å². The molecule has 1 heterocycles. The molecule has 0 aromatic heterocycles. The molecular weight excluding hydrogens is 308 g/mol. The molecule has 0 saturated carbocycles. The van der Waals surface area contributed by atoms with E-state index in [0.717, 1.165) is 30.5 Å². The van der Waals surface area contributed by atoms with Crippen LogP contribution >= 0.6 is 0 Å². The number of nitrogens with zero attached hydrogens (tertiary/aromatic N) is 1. The van der Waals surface area contributed by atoms with E-state index in [4.69, 9.17) is 9.84 Å². The Morgan fingerprint density at radius 3 is 2.88 bits per heavy atom. The number of methoxy groups -OCH3 is 1. The normalized spacial score (nSPS) is 16.6. The molecule has 24 heavy (non-hydrogen) atoms. The second-order valence-electron chi connectivity index (χ2n) is 6.22. The molecule has 0 atom stereocenters. The first-order chi connectivity index (χ1) is 11.5. The molecular formula is C18H22N2O4. The lowest BCUT2D eigenvalue weighted by Crippen LogP contribution is -2.31. The zero-order chi connectivity index (χ0) is 17.3. The number of anilines is 1. The minimum atomic E-state index is -0.518. The van der Waals surface area contributed by atoms with Crippen molar-refractivity contribution in [3.05, 3.63) is 40.1 Å². The average molecular weight is 330 g/mol. The van der Waals surface area contributed by atoms with Gasteiger partial charge in [0.2, 0.25) is 0 Å². The Bertz CT molecular complexity index is 724. The number of hydrogen-bond acceptors (Lipinski definition) is 5. The van der Waals surface area contributed by atoms with Gasteiger partial charge in [-0.3, -0.25) is 4.79 Å². The molecule has 1 aromatic rings. The molecule has 0 spiro atoms. The van der Waals surface area contributed by atoms with Crippen molar-refractivity contribution >= 4 is 17.6 Å². The third-order valence-corrected chi connectivity index (χ3v) is 4.57. The van der Waals surface area contributed by atoms with Crippen LogP contribution in [0.3, 0.4) is 0 Å². The number of aliphatic hydroxyl groups is 1. The largest absolute Gasteiger partial charge is 0.466 e. The summed E-state index contributed by atoms with van der Waals surface area (Å²) in [5, 5.41) is 12.3. The molecule has 6 heteroatoms. The van der Waals surface area contributed by atoms with Crippen molar-refractivity contribution in [1.82, 2.24) is 4.90 Å². The first kappa shape index (κ1) is 16.5. The van der Waals surface area contributed by atoms with Gasteiger partial charge in [-0.25, -0.2) is 4.79 Å². The first-order valence-electron chi connectivity index (χ1n) is 8.16.